The smallest absolute Gasteiger partial charge is 0.320 e. The molecule has 0 spiro atoms. The third kappa shape index (κ3) is 4.09. The van der Waals surface area contributed by atoms with Gasteiger partial charge in [0.15, 0.2) is 0 Å². The maximum atomic E-state index is 12.8. The van der Waals surface area contributed by atoms with Crippen molar-refractivity contribution in [1.29, 1.82) is 0 Å². The zero-order valence-electron chi connectivity index (χ0n) is 13.1. The van der Waals surface area contributed by atoms with E-state index in [4.69, 9.17) is 5.11 Å². The minimum absolute atomic E-state index is 0.0680. The molecule has 2 aliphatic rings. The van der Waals surface area contributed by atoms with E-state index in [2.05, 4.69) is 13.8 Å². The number of carbonyl (C=O) groups excluding carboxylic acids is 1. The van der Waals surface area contributed by atoms with Crippen LogP contribution in [0.4, 0.5) is 4.79 Å². The summed E-state index contributed by atoms with van der Waals surface area (Å²) in [4.78, 5) is 29.4. The van der Waals surface area contributed by atoms with Crippen LogP contribution < -0.4 is 0 Å². The number of hydrogen-bond acceptors (Lipinski definition) is 3. The van der Waals surface area contributed by atoms with Gasteiger partial charge < -0.3 is 14.9 Å². The number of rotatable bonds is 2. The molecule has 2 saturated heterocycles. The molecule has 2 amide bonds. The number of likely N-dealkylation sites (tertiary alicyclic amines) is 1. The van der Waals surface area contributed by atoms with Gasteiger partial charge in [0.2, 0.25) is 0 Å². The first kappa shape index (κ1) is 16.1. The topological polar surface area (TPSA) is 64.1 Å². The van der Waals surface area contributed by atoms with E-state index in [9.17, 15) is 9.59 Å². The van der Waals surface area contributed by atoms with E-state index in [-0.39, 0.29) is 12.6 Å². The summed E-state index contributed by atoms with van der Waals surface area (Å²) < 4.78 is 0. The minimum Gasteiger partial charge on any atom is -0.480 e. The lowest BCUT2D eigenvalue weighted by molar-refractivity contribution is -0.138. The molecule has 2 heterocycles. The van der Waals surface area contributed by atoms with Crippen LogP contribution in [0.5, 0.6) is 0 Å². The highest BCUT2D eigenvalue weighted by molar-refractivity contribution is 5.75. The van der Waals surface area contributed by atoms with Gasteiger partial charge in [-0.2, -0.15) is 0 Å². The standard InChI is InChI=1S/C15H27N3O3/c1-12-5-3-6-13(2)18(12)15(21)17-8-4-7-16(9-10-17)11-14(19)20/h12-13H,3-11H2,1-2H3,(H,19,20)/t12-,13+. The third-order valence-corrected chi connectivity index (χ3v) is 4.63. The van der Waals surface area contributed by atoms with Crippen LogP contribution in [0.2, 0.25) is 0 Å². The second-order valence-corrected chi connectivity index (χ2v) is 6.33. The van der Waals surface area contributed by atoms with Crippen LogP contribution in [-0.2, 0) is 4.79 Å². The molecule has 0 saturated carbocycles. The van der Waals surface area contributed by atoms with Crippen LogP contribution in [0.1, 0.15) is 39.5 Å². The van der Waals surface area contributed by atoms with Crippen LogP contribution in [0, 0.1) is 0 Å². The molecule has 2 aliphatic heterocycles. The van der Waals surface area contributed by atoms with Gasteiger partial charge in [-0.1, -0.05) is 0 Å². The number of urea groups is 1. The lowest BCUT2D eigenvalue weighted by atomic mass is 9.98. The Labute approximate surface area is 126 Å². The zero-order chi connectivity index (χ0) is 15.4. The molecule has 0 bridgehead atoms. The molecule has 120 valence electrons. The maximum absolute atomic E-state index is 12.8. The molecule has 0 aliphatic carbocycles. The number of carboxylic acid groups (broad SMARTS) is 1. The van der Waals surface area contributed by atoms with Crippen molar-refractivity contribution in [3.63, 3.8) is 0 Å². The van der Waals surface area contributed by atoms with Gasteiger partial charge in [0.05, 0.1) is 6.54 Å². The van der Waals surface area contributed by atoms with Gasteiger partial charge in [0, 0.05) is 38.3 Å². The fraction of sp³-hybridized carbons (Fsp3) is 0.867. The lowest BCUT2D eigenvalue weighted by Crippen LogP contribution is -2.53. The molecule has 21 heavy (non-hydrogen) atoms. The van der Waals surface area contributed by atoms with Crippen LogP contribution in [0.15, 0.2) is 0 Å². The van der Waals surface area contributed by atoms with Crippen molar-refractivity contribution in [1.82, 2.24) is 14.7 Å². The SMILES string of the molecule is C[C@@H]1CCC[C@H](C)N1C(=O)N1CCCN(CC(=O)O)CC1. The molecule has 0 aromatic carbocycles. The summed E-state index contributed by atoms with van der Waals surface area (Å²) in [5.74, 6) is -0.798. The molecule has 6 nitrogen and oxygen atoms in total. The van der Waals surface area contributed by atoms with Gasteiger partial charge in [0.25, 0.3) is 0 Å². The zero-order valence-corrected chi connectivity index (χ0v) is 13.1. The summed E-state index contributed by atoms with van der Waals surface area (Å²) in [5.41, 5.74) is 0. The Morgan fingerprint density at radius 1 is 1.00 bits per heavy atom. The first-order valence-electron chi connectivity index (χ1n) is 8.00. The third-order valence-electron chi connectivity index (χ3n) is 4.63. The van der Waals surface area contributed by atoms with E-state index < -0.39 is 5.97 Å². The van der Waals surface area contributed by atoms with E-state index in [1.807, 2.05) is 14.7 Å². The molecular weight excluding hydrogens is 270 g/mol. The number of carbonyl (C=O) groups is 2. The highest BCUT2D eigenvalue weighted by Gasteiger charge is 2.32. The molecule has 1 N–H and O–H groups in total. The quantitative estimate of drug-likeness (QED) is 0.838. The molecule has 2 fully saturated rings. The van der Waals surface area contributed by atoms with E-state index >= 15 is 0 Å². The second kappa shape index (κ2) is 7.11. The Morgan fingerprint density at radius 2 is 1.67 bits per heavy atom. The number of piperidine rings is 1. The van der Waals surface area contributed by atoms with E-state index in [1.165, 1.54) is 6.42 Å². The highest BCUT2D eigenvalue weighted by atomic mass is 16.4. The van der Waals surface area contributed by atoms with E-state index in [0.717, 1.165) is 32.4 Å². The van der Waals surface area contributed by atoms with Crippen LogP contribution in [-0.4, -0.2) is 76.6 Å². The second-order valence-electron chi connectivity index (χ2n) is 6.33. The molecule has 0 radical (unpaired) electrons. The van der Waals surface area contributed by atoms with Crippen molar-refractivity contribution in [2.45, 2.75) is 51.6 Å². The Bertz CT molecular complexity index is 378. The van der Waals surface area contributed by atoms with Crippen molar-refractivity contribution in [2.75, 3.05) is 32.7 Å². The average molecular weight is 297 g/mol. The number of hydrogen-bond donors (Lipinski definition) is 1. The van der Waals surface area contributed by atoms with Crippen molar-refractivity contribution in [2.24, 2.45) is 0 Å². The van der Waals surface area contributed by atoms with Gasteiger partial charge in [-0.25, -0.2) is 4.79 Å². The Hall–Kier alpha value is -1.30. The van der Waals surface area contributed by atoms with Crippen LogP contribution in [0.25, 0.3) is 0 Å². The van der Waals surface area contributed by atoms with Crippen molar-refractivity contribution >= 4 is 12.0 Å². The largest absolute Gasteiger partial charge is 0.480 e. The Kier molecular flexibility index (Phi) is 5.45. The first-order chi connectivity index (χ1) is 9.99. The Balaban J connectivity index is 1.94. The van der Waals surface area contributed by atoms with Crippen molar-refractivity contribution in [3.8, 4) is 0 Å². The van der Waals surface area contributed by atoms with Gasteiger partial charge in [-0.05, 0) is 39.5 Å². The summed E-state index contributed by atoms with van der Waals surface area (Å²) in [7, 11) is 0. The summed E-state index contributed by atoms with van der Waals surface area (Å²) in [5, 5.41) is 8.88. The normalized spacial score (nSPS) is 28.3. The monoisotopic (exact) mass is 297 g/mol. The fourth-order valence-electron chi connectivity index (χ4n) is 3.47. The summed E-state index contributed by atoms with van der Waals surface area (Å²) >= 11 is 0. The molecular formula is C15H27N3O3. The van der Waals surface area contributed by atoms with Gasteiger partial charge in [-0.15, -0.1) is 0 Å². The van der Waals surface area contributed by atoms with Crippen LogP contribution in [0.3, 0.4) is 0 Å². The maximum Gasteiger partial charge on any atom is 0.320 e. The summed E-state index contributed by atoms with van der Waals surface area (Å²) in [6.45, 7) is 7.07. The summed E-state index contributed by atoms with van der Waals surface area (Å²) in [6.07, 6.45) is 4.19. The number of carboxylic acids is 1. The molecule has 0 unspecified atom stereocenters. The summed E-state index contributed by atoms with van der Waals surface area (Å²) in [6, 6.07) is 0.742. The fourth-order valence-corrected chi connectivity index (χ4v) is 3.47. The van der Waals surface area contributed by atoms with Crippen molar-refractivity contribution in [3.05, 3.63) is 0 Å². The number of amides is 2. The van der Waals surface area contributed by atoms with Crippen LogP contribution >= 0.6 is 0 Å². The first-order valence-corrected chi connectivity index (χ1v) is 8.00. The van der Waals surface area contributed by atoms with E-state index in [0.29, 0.717) is 25.2 Å². The molecule has 2 atom stereocenters. The average Bonchev–Trinajstić information content (AvgIpc) is 2.63. The number of nitrogens with zero attached hydrogens (tertiary/aromatic N) is 3. The molecule has 0 aromatic rings. The minimum atomic E-state index is -0.798. The lowest BCUT2D eigenvalue weighted by Gasteiger charge is -2.41. The molecule has 6 heteroatoms. The molecule has 2 rings (SSSR count). The highest BCUT2D eigenvalue weighted by Crippen LogP contribution is 2.24. The van der Waals surface area contributed by atoms with Crippen molar-refractivity contribution < 1.29 is 14.7 Å². The number of aliphatic carboxylic acids is 1. The molecule has 0 aromatic heterocycles. The van der Waals surface area contributed by atoms with Gasteiger partial charge >= 0.3 is 12.0 Å². The predicted octanol–water partition coefficient (Wildman–Crippen LogP) is 1.46. The Morgan fingerprint density at radius 3 is 2.29 bits per heavy atom. The van der Waals surface area contributed by atoms with E-state index in [1.54, 1.807) is 0 Å². The van der Waals surface area contributed by atoms with Gasteiger partial charge in [0.1, 0.15) is 0 Å². The predicted molar refractivity (Wildman–Crippen MR) is 80.3 cm³/mol. The van der Waals surface area contributed by atoms with Gasteiger partial charge in [-0.3, -0.25) is 9.69 Å².